The number of rotatable bonds is 2. The lowest BCUT2D eigenvalue weighted by molar-refractivity contribution is -0.127. The monoisotopic (exact) mass is 210 g/mol. The van der Waals surface area contributed by atoms with Gasteiger partial charge in [-0.05, 0) is 38.3 Å². The summed E-state index contributed by atoms with van der Waals surface area (Å²) in [6.07, 6.45) is 4.46. The van der Waals surface area contributed by atoms with E-state index in [9.17, 15) is 4.79 Å². The summed E-state index contributed by atoms with van der Waals surface area (Å²) in [5, 5.41) is 0. The molecule has 1 amide bonds. The van der Waals surface area contributed by atoms with Gasteiger partial charge in [-0.2, -0.15) is 0 Å². The van der Waals surface area contributed by atoms with Crippen molar-refractivity contribution in [1.29, 1.82) is 0 Å². The Morgan fingerprint density at radius 3 is 2.47 bits per heavy atom. The molecule has 0 unspecified atom stereocenters. The Labute approximate surface area is 92.4 Å². The maximum Gasteiger partial charge on any atom is 0.222 e. The first-order valence-electron chi connectivity index (χ1n) is 6.15. The summed E-state index contributed by atoms with van der Waals surface area (Å²) < 4.78 is 0. The van der Waals surface area contributed by atoms with E-state index in [2.05, 4.69) is 11.8 Å². The second kappa shape index (κ2) is 4.52. The van der Waals surface area contributed by atoms with Crippen LogP contribution in [0.5, 0.6) is 0 Å². The van der Waals surface area contributed by atoms with Crippen LogP contribution >= 0.6 is 0 Å². The molecule has 0 saturated carbocycles. The van der Waals surface area contributed by atoms with E-state index in [1.165, 1.54) is 25.9 Å². The topological polar surface area (TPSA) is 23.6 Å². The van der Waals surface area contributed by atoms with Crippen LogP contribution in [0.1, 0.15) is 32.6 Å². The predicted octanol–water partition coefficient (Wildman–Crippen LogP) is 1.34. The van der Waals surface area contributed by atoms with Crippen LogP contribution in [0.2, 0.25) is 0 Å². The molecule has 2 fully saturated rings. The van der Waals surface area contributed by atoms with Crippen molar-refractivity contribution in [2.45, 2.75) is 38.6 Å². The number of likely N-dealkylation sites (tertiary alicyclic amines) is 2. The quantitative estimate of drug-likeness (QED) is 0.686. The van der Waals surface area contributed by atoms with Gasteiger partial charge in [-0.1, -0.05) is 6.92 Å². The Bertz CT molecular complexity index is 234. The summed E-state index contributed by atoms with van der Waals surface area (Å²) in [7, 11) is 1.95. The molecule has 86 valence electrons. The summed E-state index contributed by atoms with van der Waals surface area (Å²) in [5.74, 6) is 1.22. The van der Waals surface area contributed by atoms with E-state index in [0.29, 0.717) is 11.9 Å². The van der Waals surface area contributed by atoms with Gasteiger partial charge in [-0.15, -0.1) is 0 Å². The normalized spacial score (nSPS) is 30.1. The van der Waals surface area contributed by atoms with E-state index in [4.69, 9.17) is 0 Å². The molecule has 0 aliphatic carbocycles. The number of likely N-dealkylation sites (N-methyl/N-ethyl adjacent to an activating group) is 1. The van der Waals surface area contributed by atoms with Gasteiger partial charge in [-0.3, -0.25) is 4.79 Å². The van der Waals surface area contributed by atoms with Gasteiger partial charge in [0.1, 0.15) is 0 Å². The molecule has 0 radical (unpaired) electrons. The van der Waals surface area contributed by atoms with Crippen LogP contribution in [0.15, 0.2) is 0 Å². The van der Waals surface area contributed by atoms with Crippen molar-refractivity contribution in [2.75, 3.05) is 26.7 Å². The molecule has 0 aromatic rings. The highest BCUT2D eigenvalue weighted by Gasteiger charge is 2.29. The van der Waals surface area contributed by atoms with Crippen molar-refractivity contribution >= 4 is 5.91 Å². The number of amides is 1. The maximum atomic E-state index is 11.4. The van der Waals surface area contributed by atoms with Crippen LogP contribution < -0.4 is 0 Å². The summed E-state index contributed by atoms with van der Waals surface area (Å²) in [4.78, 5) is 15.9. The molecule has 0 spiro atoms. The first kappa shape index (κ1) is 10.9. The molecule has 0 aromatic heterocycles. The Morgan fingerprint density at radius 1 is 1.27 bits per heavy atom. The van der Waals surface area contributed by atoms with Crippen molar-refractivity contribution in [2.24, 2.45) is 5.92 Å². The van der Waals surface area contributed by atoms with Gasteiger partial charge >= 0.3 is 0 Å². The fourth-order valence-corrected chi connectivity index (χ4v) is 2.62. The molecule has 0 bridgehead atoms. The summed E-state index contributed by atoms with van der Waals surface area (Å²) in [5.41, 5.74) is 0. The second-order valence-corrected chi connectivity index (χ2v) is 5.18. The molecule has 3 nitrogen and oxygen atoms in total. The van der Waals surface area contributed by atoms with Gasteiger partial charge in [0.2, 0.25) is 5.91 Å². The van der Waals surface area contributed by atoms with Gasteiger partial charge in [0.25, 0.3) is 0 Å². The van der Waals surface area contributed by atoms with Gasteiger partial charge in [0.15, 0.2) is 0 Å². The standard InChI is InChI=1S/C12H22N2O/c1-10-5-7-14(8-6-10)9-11-3-4-12(15)13(11)2/h10-11H,3-9H2,1-2H3/t11-/m0/s1. The van der Waals surface area contributed by atoms with E-state index in [1.807, 2.05) is 11.9 Å². The number of carbonyl (C=O) groups is 1. The second-order valence-electron chi connectivity index (χ2n) is 5.18. The zero-order valence-corrected chi connectivity index (χ0v) is 9.91. The summed E-state index contributed by atoms with van der Waals surface area (Å²) in [6.45, 7) is 5.87. The average Bonchev–Trinajstić information content (AvgIpc) is 2.53. The fourth-order valence-electron chi connectivity index (χ4n) is 2.62. The van der Waals surface area contributed by atoms with Gasteiger partial charge in [-0.25, -0.2) is 0 Å². The lowest BCUT2D eigenvalue weighted by atomic mass is 9.99. The van der Waals surface area contributed by atoms with Crippen molar-refractivity contribution in [3.63, 3.8) is 0 Å². The van der Waals surface area contributed by atoms with Crippen LogP contribution in [-0.2, 0) is 4.79 Å². The highest BCUT2D eigenvalue weighted by molar-refractivity contribution is 5.78. The first-order valence-corrected chi connectivity index (χ1v) is 6.15. The third kappa shape index (κ3) is 2.51. The average molecular weight is 210 g/mol. The van der Waals surface area contributed by atoms with Crippen LogP contribution in [0.3, 0.4) is 0 Å². The third-order valence-electron chi connectivity index (χ3n) is 3.98. The van der Waals surface area contributed by atoms with E-state index in [0.717, 1.165) is 25.3 Å². The molecule has 2 aliphatic rings. The molecule has 0 N–H and O–H groups in total. The molecule has 2 saturated heterocycles. The van der Waals surface area contributed by atoms with E-state index in [-0.39, 0.29) is 0 Å². The molecular weight excluding hydrogens is 188 g/mol. The van der Waals surface area contributed by atoms with Crippen molar-refractivity contribution in [3.05, 3.63) is 0 Å². The molecule has 0 aromatic carbocycles. The summed E-state index contributed by atoms with van der Waals surface area (Å²) >= 11 is 0. The third-order valence-corrected chi connectivity index (χ3v) is 3.98. The fraction of sp³-hybridized carbons (Fsp3) is 0.917. The maximum absolute atomic E-state index is 11.4. The number of carbonyl (C=O) groups excluding carboxylic acids is 1. The molecule has 1 atom stereocenters. The van der Waals surface area contributed by atoms with Crippen LogP contribution in [0.4, 0.5) is 0 Å². The van der Waals surface area contributed by atoms with Crippen LogP contribution in [0, 0.1) is 5.92 Å². The minimum atomic E-state index is 0.324. The molecule has 2 rings (SSSR count). The SMILES string of the molecule is CC1CCN(C[C@@H]2CCC(=O)N2C)CC1. The lowest BCUT2D eigenvalue weighted by Crippen LogP contribution is -2.43. The number of nitrogens with zero attached hydrogens (tertiary/aromatic N) is 2. The van der Waals surface area contributed by atoms with Crippen molar-refractivity contribution in [3.8, 4) is 0 Å². The van der Waals surface area contributed by atoms with Crippen molar-refractivity contribution < 1.29 is 4.79 Å². The summed E-state index contributed by atoms with van der Waals surface area (Å²) in [6, 6.07) is 0.478. The lowest BCUT2D eigenvalue weighted by Gasteiger charge is -2.33. The first-order chi connectivity index (χ1) is 7.16. The Balaban J connectivity index is 1.80. The zero-order valence-electron chi connectivity index (χ0n) is 9.91. The van der Waals surface area contributed by atoms with E-state index >= 15 is 0 Å². The minimum absolute atomic E-state index is 0.324. The van der Waals surface area contributed by atoms with Crippen molar-refractivity contribution in [1.82, 2.24) is 9.80 Å². The number of hydrogen-bond donors (Lipinski definition) is 0. The molecule has 15 heavy (non-hydrogen) atoms. The molecular formula is C12H22N2O. The van der Waals surface area contributed by atoms with Gasteiger partial charge < -0.3 is 9.80 Å². The van der Waals surface area contributed by atoms with E-state index < -0.39 is 0 Å². The van der Waals surface area contributed by atoms with Crippen LogP contribution in [-0.4, -0.2) is 48.4 Å². The Morgan fingerprint density at radius 2 is 1.93 bits per heavy atom. The minimum Gasteiger partial charge on any atom is -0.341 e. The van der Waals surface area contributed by atoms with Gasteiger partial charge in [0.05, 0.1) is 0 Å². The highest BCUT2D eigenvalue weighted by atomic mass is 16.2. The van der Waals surface area contributed by atoms with Crippen LogP contribution in [0.25, 0.3) is 0 Å². The largest absolute Gasteiger partial charge is 0.341 e. The molecule has 2 heterocycles. The highest BCUT2D eigenvalue weighted by Crippen LogP contribution is 2.21. The molecule has 2 aliphatic heterocycles. The smallest absolute Gasteiger partial charge is 0.222 e. The predicted molar refractivity (Wildman–Crippen MR) is 60.6 cm³/mol. The molecule has 3 heteroatoms. The van der Waals surface area contributed by atoms with Gasteiger partial charge in [0, 0.05) is 26.1 Å². The zero-order chi connectivity index (χ0) is 10.8. The number of piperidine rings is 1. The Hall–Kier alpha value is -0.570. The van der Waals surface area contributed by atoms with E-state index in [1.54, 1.807) is 0 Å². The Kier molecular flexibility index (Phi) is 3.29. The number of hydrogen-bond acceptors (Lipinski definition) is 2.